The van der Waals surface area contributed by atoms with E-state index >= 15 is 0 Å². The molecule has 19 heavy (non-hydrogen) atoms. The minimum Gasteiger partial charge on any atom is -0.480 e. The van der Waals surface area contributed by atoms with E-state index in [1.165, 1.54) is 0 Å². The van der Waals surface area contributed by atoms with Gasteiger partial charge in [0.2, 0.25) is 0 Å². The second kappa shape index (κ2) is 5.65. The summed E-state index contributed by atoms with van der Waals surface area (Å²) in [5.74, 6) is -2.05. The number of pyridine rings is 1. The Balaban J connectivity index is 2.66. The number of rotatable bonds is 4. The summed E-state index contributed by atoms with van der Waals surface area (Å²) < 4.78 is 36.7. The van der Waals surface area contributed by atoms with Crippen LogP contribution in [0.5, 0.6) is 0 Å². The Labute approximate surface area is 105 Å². The SMILES string of the molecule is N[C@@H](CNC(=O)c1ccc(C(F)(F)F)nc1)C(=O)O. The fourth-order valence-electron chi connectivity index (χ4n) is 1.09. The number of halogens is 3. The van der Waals surface area contributed by atoms with E-state index in [1.807, 2.05) is 0 Å². The summed E-state index contributed by atoms with van der Waals surface area (Å²) in [6, 6.07) is 0.315. The van der Waals surface area contributed by atoms with Gasteiger partial charge in [0.05, 0.1) is 5.56 Å². The normalized spacial score (nSPS) is 12.8. The lowest BCUT2D eigenvalue weighted by Crippen LogP contribution is -2.42. The highest BCUT2D eigenvalue weighted by Gasteiger charge is 2.32. The molecular formula is C10H10F3N3O3. The summed E-state index contributed by atoms with van der Waals surface area (Å²) in [4.78, 5) is 24.9. The highest BCUT2D eigenvalue weighted by atomic mass is 19.4. The number of nitrogens with two attached hydrogens (primary N) is 1. The minimum absolute atomic E-state index is 0.120. The standard InChI is InChI=1S/C10H10F3N3O3/c11-10(12,13)7-2-1-5(3-15-7)8(17)16-4-6(14)9(18)19/h1-3,6H,4,14H2,(H,16,17)(H,18,19)/t6-/m0/s1. The number of aliphatic carboxylic acids is 1. The maximum Gasteiger partial charge on any atom is 0.433 e. The topological polar surface area (TPSA) is 105 Å². The van der Waals surface area contributed by atoms with E-state index < -0.39 is 29.8 Å². The third kappa shape index (κ3) is 4.21. The summed E-state index contributed by atoms with van der Waals surface area (Å²) in [5.41, 5.74) is 3.91. The molecule has 9 heteroatoms. The van der Waals surface area contributed by atoms with E-state index in [0.717, 1.165) is 12.3 Å². The lowest BCUT2D eigenvalue weighted by Gasteiger charge is -2.09. The van der Waals surface area contributed by atoms with Crippen molar-refractivity contribution in [3.8, 4) is 0 Å². The number of hydrogen-bond acceptors (Lipinski definition) is 4. The Morgan fingerprint density at radius 1 is 1.42 bits per heavy atom. The maximum absolute atomic E-state index is 12.2. The zero-order valence-corrected chi connectivity index (χ0v) is 9.44. The highest BCUT2D eigenvalue weighted by Crippen LogP contribution is 2.27. The molecule has 6 nitrogen and oxygen atoms in total. The fourth-order valence-corrected chi connectivity index (χ4v) is 1.09. The molecule has 0 saturated carbocycles. The quantitative estimate of drug-likeness (QED) is 0.731. The Bertz CT molecular complexity index is 473. The maximum atomic E-state index is 12.2. The molecule has 0 unspecified atom stereocenters. The lowest BCUT2D eigenvalue weighted by atomic mass is 10.2. The first kappa shape index (κ1) is 14.9. The Hall–Kier alpha value is -2.16. The van der Waals surface area contributed by atoms with Gasteiger partial charge in [0.25, 0.3) is 5.91 Å². The number of carboxylic acids is 1. The Kier molecular flexibility index (Phi) is 4.43. The molecule has 0 fully saturated rings. The first-order valence-electron chi connectivity index (χ1n) is 5.01. The van der Waals surface area contributed by atoms with Gasteiger partial charge in [-0.15, -0.1) is 0 Å². The van der Waals surface area contributed by atoms with E-state index in [0.29, 0.717) is 6.07 Å². The van der Waals surface area contributed by atoms with Gasteiger partial charge < -0.3 is 16.2 Å². The highest BCUT2D eigenvalue weighted by molar-refractivity contribution is 5.94. The van der Waals surface area contributed by atoms with Crippen molar-refractivity contribution in [3.63, 3.8) is 0 Å². The predicted octanol–water partition coefficient (Wildman–Crippen LogP) is 0.242. The molecule has 1 aromatic rings. The first-order valence-corrected chi connectivity index (χ1v) is 5.01. The number of carboxylic acid groups (broad SMARTS) is 1. The van der Waals surface area contributed by atoms with E-state index in [-0.39, 0.29) is 12.1 Å². The number of nitrogens with zero attached hydrogens (tertiary/aromatic N) is 1. The molecule has 4 N–H and O–H groups in total. The van der Waals surface area contributed by atoms with Gasteiger partial charge in [-0.3, -0.25) is 14.6 Å². The summed E-state index contributed by atoms with van der Waals surface area (Å²) >= 11 is 0. The average Bonchev–Trinajstić information content (AvgIpc) is 2.34. The van der Waals surface area contributed by atoms with E-state index in [2.05, 4.69) is 10.3 Å². The predicted molar refractivity (Wildman–Crippen MR) is 57.2 cm³/mol. The number of carbonyl (C=O) groups excluding carboxylic acids is 1. The molecular weight excluding hydrogens is 267 g/mol. The molecule has 1 rings (SSSR count). The molecule has 1 heterocycles. The van der Waals surface area contributed by atoms with E-state index in [1.54, 1.807) is 0 Å². The summed E-state index contributed by atoms with van der Waals surface area (Å²) in [5, 5.41) is 10.6. The van der Waals surface area contributed by atoms with Crippen LogP contribution in [0.2, 0.25) is 0 Å². The number of alkyl halides is 3. The summed E-state index contributed by atoms with van der Waals surface area (Å²) in [6.07, 6.45) is -3.83. The van der Waals surface area contributed by atoms with Crippen molar-refractivity contribution in [2.45, 2.75) is 12.2 Å². The van der Waals surface area contributed by atoms with E-state index in [9.17, 15) is 22.8 Å². The van der Waals surface area contributed by atoms with Crippen molar-refractivity contribution in [3.05, 3.63) is 29.6 Å². The molecule has 1 aromatic heterocycles. The number of amides is 1. The number of aromatic nitrogens is 1. The molecule has 0 radical (unpaired) electrons. The summed E-state index contributed by atoms with van der Waals surface area (Å²) in [6.45, 7) is -0.338. The van der Waals surface area contributed by atoms with Crippen LogP contribution < -0.4 is 11.1 Å². The van der Waals surface area contributed by atoms with Gasteiger partial charge in [0.15, 0.2) is 0 Å². The van der Waals surface area contributed by atoms with Crippen LogP contribution in [0.1, 0.15) is 16.1 Å². The first-order chi connectivity index (χ1) is 8.71. The Morgan fingerprint density at radius 2 is 2.05 bits per heavy atom. The summed E-state index contributed by atoms with van der Waals surface area (Å²) in [7, 11) is 0. The van der Waals surface area contributed by atoms with Gasteiger partial charge in [-0.25, -0.2) is 0 Å². The molecule has 0 aliphatic carbocycles. The zero-order chi connectivity index (χ0) is 14.6. The van der Waals surface area contributed by atoms with Crippen molar-refractivity contribution < 1.29 is 27.9 Å². The third-order valence-corrected chi connectivity index (χ3v) is 2.12. The van der Waals surface area contributed by atoms with Crippen LogP contribution in [0, 0.1) is 0 Å². The van der Waals surface area contributed by atoms with Crippen molar-refractivity contribution in [2.24, 2.45) is 5.73 Å². The molecule has 1 amide bonds. The largest absolute Gasteiger partial charge is 0.480 e. The fraction of sp³-hybridized carbons (Fsp3) is 0.300. The van der Waals surface area contributed by atoms with Gasteiger partial charge in [-0.1, -0.05) is 0 Å². The van der Waals surface area contributed by atoms with Crippen molar-refractivity contribution in [1.29, 1.82) is 0 Å². The molecule has 0 aliphatic rings. The lowest BCUT2D eigenvalue weighted by molar-refractivity contribution is -0.141. The number of carbonyl (C=O) groups is 2. The van der Waals surface area contributed by atoms with Crippen LogP contribution in [-0.2, 0) is 11.0 Å². The second-order valence-corrected chi connectivity index (χ2v) is 3.58. The van der Waals surface area contributed by atoms with Gasteiger partial charge in [-0.2, -0.15) is 13.2 Å². The smallest absolute Gasteiger partial charge is 0.433 e. The minimum atomic E-state index is -4.58. The van der Waals surface area contributed by atoms with Gasteiger partial charge in [-0.05, 0) is 12.1 Å². The van der Waals surface area contributed by atoms with Crippen LogP contribution >= 0.6 is 0 Å². The van der Waals surface area contributed by atoms with Crippen LogP contribution in [0.15, 0.2) is 18.3 Å². The van der Waals surface area contributed by atoms with Crippen LogP contribution in [0.3, 0.4) is 0 Å². The molecule has 0 spiro atoms. The average molecular weight is 277 g/mol. The van der Waals surface area contributed by atoms with Crippen molar-refractivity contribution >= 4 is 11.9 Å². The molecule has 0 aliphatic heterocycles. The molecule has 0 aromatic carbocycles. The van der Waals surface area contributed by atoms with Crippen LogP contribution in [-0.4, -0.2) is 34.6 Å². The van der Waals surface area contributed by atoms with Crippen molar-refractivity contribution in [1.82, 2.24) is 10.3 Å². The monoisotopic (exact) mass is 277 g/mol. The number of hydrogen-bond donors (Lipinski definition) is 3. The second-order valence-electron chi connectivity index (χ2n) is 3.58. The Morgan fingerprint density at radius 3 is 2.47 bits per heavy atom. The van der Waals surface area contributed by atoms with Crippen LogP contribution in [0.25, 0.3) is 0 Å². The molecule has 104 valence electrons. The third-order valence-electron chi connectivity index (χ3n) is 2.12. The van der Waals surface area contributed by atoms with Crippen molar-refractivity contribution in [2.75, 3.05) is 6.54 Å². The zero-order valence-electron chi connectivity index (χ0n) is 9.44. The molecule has 1 atom stereocenters. The van der Waals surface area contributed by atoms with Gasteiger partial charge >= 0.3 is 12.1 Å². The number of nitrogens with one attached hydrogen (secondary N) is 1. The molecule has 0 bridgehead atoms. The van der Waals surface area contributed by atoms with E-state index in [4.69, 9.17) is 10.8 Å². The van der Waals surface area contributed by atoms with Crippen LogP contribution in [0.4, 0.5) is 13.2 Å². The molecule has 0 saturated heterocycles. The van der Waals surface area contributed by atoms with Gasteiger partial charge in [0, 0.05) is 12.7 Å². The van der Waals surface area contributed by atoms with Gasteiger partial charge in [0.1, 0.15) is 11.7 Å².